The van der Waals surface area contributed by atoms with Crippen LogP contribution in [-0.2, 0) is 4.74 Å². The molecule has 0 aromatic heterocycles. The summed E-state index contributed by atoms with van der Waals surface area (Å²) in [6.45, 7) is 10.3. The number of unbranched alkanes of at least 4 members (excludes halogenated alkanes) is 1. The normalized spacial score (nSPS) is 16.4. The molecule has 0 bridgehead atoms. The Bertz CT molecular complexity index is 182. The molecule has 0 N–H and O–H groups in total. The standard InChI is InChI=1S/C13H24O/c1-6-7-8-9-11(2)10-12(3)13(4)14-5/h6,9,12-13H,1,7-8,10H2,2-5H3/b11-9+/t12?,13-/m0/s1. The zero-order chi connectivity index (χ0) is 11.0. The summed E-state index contributed by atoms with van der Waals surface area (Å²) in [4.78, 5) is 0. The molecule has 82 valence electrons. The van der Waals surface area contributed by atoms with E-state index in [1.54, 1.807) is 7.11 Å². The fourth-order valence-electron chi connectivity index (χ4n) is 1.44. The molecule has 1 nitrogen and oxygen atoms in total. The summed E-state index contributed by atoms with van der Waals surface area (Å²) in [6.07, 6.45) is 7.94. The zero-order valence-corrected chi connectivity index (χ0v) is 10.0. The third-order valence-electron chi connectivity index (χ3n) is 2.68. The van der Waals surface area contributed by atoms with Gasteiger partial charge in [-0.25, -0.2) is 0 Å². The molecule has 0 saturated carbocycles. The second kappa shape index (κ2) is 7.81. The smallest absolute Gasteiger partial charge is 0.0571 e. The van der Waals surface area contributed by atoms with Crippen molar-refractivity contribution in [3.8, 4) is 0 Å². The highest BCUT2D eigenvalue weighted by molar-refractivity contribution is 5.00. The van der Waals surface area contributed by atoms with Gasteiger partial charge in [0, 0.05) is 7.11 Å². The molecular formula is C13H24O. The van der Waals surface area contributed by atoms with Gasteiger partial charge < -0.3 is 4.74 Å². The van der Waals surface area contributed by atoms with Gasteiger partial charge in [-0.2, -0.15) is 0 Å². The molecule has 0 rings (SSSR count). The number of hydrogen-bond donors (Lipinski definition) is 0. The predicted molar refractivity (Wildman–Crippen MR) is 63.4 cm³/mol. The fraction of sp³-hybridized carbons (Fsp3) is 0.692. The highest BCUT2D eigenvalue weighted by atomic mass is 16.5. The van der Waals surface area contributed by atoms with E-state index in [0.717, 1.165) is 19.3 Å². The predicted octanol–water partition coefficient (Wildman–Crippen LogP) is 3.96. The fourth-order valence-corrected chi connectivity index (χ4v) is 1.44. The first-order valence-electron chi connectivity index (χ1n) is 5.41. The molecule has 2 atom stereocenters. The van der Waals surface area contributed by atoms with Gasteiger partial charge >= 0.3 is 0 Å². The average molecular weight is 196 g/mol. The summed E-state index contributed by atoms with van der Waals surface area (Å²) in [6, 6.07) is 0. The van der Waals surface area contributed by atoms with Crippen LogP contribution in [0.1, 0.15) is 40.0 Å². The van der Waals surface area contributed by atoms with Crippen molar-refractivity contribution in [2.24, 2.45) is 5.92 Å². The van der Waals surface area contributed by atoms with Gasteiger partial charge in [0.25, 0.3) is 0 Å². The first-order chi connectivity index (χ1) is 6.61. The van der Waals surface area contributed by atoms with E-state index in [1.807, 2.05) is 6.08 Å². The van der Waals surface area contributed by atoms with E-state index >= 15 is 0 Å². The number of ether oxygens (including phenoxy) is 1. The Morgan fingerprint density at radius 3 is 2.50 bits per heavy atom. The van der Waals surface area contributed by atoms with Crippen molar-refractivity contribution in [1.29, 1.82) is 0 Å². The van der Waals surface area contributed by atoms with E-state index in [-0.39, 0.29) is 0 Å². The Kier molecular flexibility index (Phi) is 7.50. The molecule has 0 aliphatic carbocycles. The lowest BCUT2D eigenvalue weighted by molar-refractivity contribution is 0.0738. The van der Waals surface area contributed by atoms with Crippen molar-refractivity contribution in [3.63, 3.8) is 0 Å². The molecule has 0 aliphatic rings. The molecule has 0 aliphatic heterocycles. The van der Waals surface area contributed by atoms with E-state index in [1.165, 1.54) is 5.57 Å². The van der Waals surface area contributed by atoms with E-state index in [0.29, 0.717) is 12.0 Å². The Balaban J connectivity index is 3.85. The summed E-state index contributed by atoms with van der Waals surface area (Å²) >= 11 is 0. The SMILES string of the molecule is C=CCC/C=C(\C)CC(C)[C@H](C)OC. The van der Waals surface area contributed by atoms with Crippen LogP contribution in [0.15, 0.2) is 24.3 Å². The molecule has 0 amide bonds. The Morgan fingerprint density at radius 2 is 2.00 bits per heavy atom. The second-order valence-corrected chi connectivity index (χ2v) is 4.04. The van der Waals surface area contributed by atoms with Gasteiger partial charge in [0.2, 0.25) is 0 Å². The van der Waals surface area contributed by atoms with Gasteiger partial charge in [0.1, 0.15) is 0 Å². The van der Waals surface area contributed by atoms with E-state index in [2.05, 4.69) is 33.4 Å². The van der Waals surface area contributed by atoms with Gasteiger partial charge in [-0.1, -0.05) is 24.6 Å². The van der Waals surface area contributed by atoms with Gasteiger partial charge in [-0.05, 0) is 39.0 Å². The second-order valence-electron chi connectivity index (χ2n) is 4.04. The summed E-state index contributed by atoms with van der Waals surface area (Å²) in [7, 11) is 1.78. The highest BCUT2D eigenvalue weighted by Crippen LogP contribution is 2.17. The zero-order valence-electron chi connectivity index (χ0n) is 10.0. The van der Waals surface area contributed by atoms with Crippen molar-refractivity contribution < 1.29 is 4.74 Å². The van der Waals surface area contributed by atoms with Gasteiger partial charge in [-0.3, -0.25) is 0 Å². The van der Waals surface area contributed by atoms with Crippen molar-refractivity contribution >= 4 is 0 Å². The monoisotopic (exact) mass is 196 g/mol. The van der Waals surface area contributed by atoms with Crippen LogP contribution in [0.25, 0.3) is 0 Å². The topological polar surface area (TPSA) is 9.23 Å². The van der Waals surface area contributed by atoms with Crippen LogP contribution in [0.3, 0.4) is 0 Å². The van der Waals surface area contributed by atoms with Crippen LogP contribution in [0.4, 0.5) is 0 Å². The molecule has 0 aromatic rings. The molecule has 0 heterocycles. The number of hydrogen-bond acceptors (Lipinski definition) is 1. The Labute approximate surface area is 88.9 Å². The third kappa shape index (κ3) is 5.98. The lowest BCUT2D eigenvalue weighted by atomic mass is 9.96. The first kappa shape index (κ1) is 13.4. The number of allylic oxidation sites excluding steroid dienone is 3. The van der Waals surface area contributed by atoms with Crippen LogP contribution in [0.5, 0.6) is 0 Å². The minimum absolute atomic E-state index is 0.345. The maximum Gasteiger partial charge on any atom is 0.0571 e. The minimum Gasteiger partial charge on any atom is -0.381 e. The molecule has 1 unspecified atom stereocenters. The van der Waals surface area contributed by atoms with Crippen molar-refractivity contribution in [3.05, 3.63) is 24.3 Å². The third-order valence-corrected chi connectivity index (χ3v) is 2.68. The van der Waals surface area contributed by atoms with E-state index in [4.69, 9.17) is 4.74 Å². The van der Waals surface area contributed by atoms with Crippen molar-refractivity contribution in [2.45, 2.75) is 46.1 Å². The summed E-state index contributed by atoms with van der Waals surface area (Å²) < 4.78 is 5.30. The van der Waals surface area contributed by atoms with Crippen LogP contribution in [0, 0.1) is 5.92 Å². The molecule has 0 saturated heterocycles. The van der Waals surface area contributed by atoms with Crippen molar-refractivity contribution in [1.82, 2.24) is 0 Å². The van der Waals surface area contributed by atoms with E-state index < -0.39 is 0 Å². The maximum atomic E-state index is 5.30. The lowest BCUT2D eigenvalue weighted by Crippen LogP contribution is -2.16. The summed E-state index contributed by atoms with van der Waals surface area (Å²) in [5.41, 5.74) is 1.46. The van der Waals surface area contributed by atoms with Crippen LogP contribution >= 0.6 is 0 Å². The van der Waals surface area contributed by atoms with Crippen molar-refractivity contribution in [2.75, 3.05) is 7.11 Å². The van der Waals surface area contributed by atoms with Crippen LogP contribution in [-0.4, -0.2) is 13.2 Å². The maximum absolute atomic E-state index is 5.30. The molecular weight excluding hydrogens is 172 g/mol. The largest absolute Gasteiger partial charge is 0.381 e. The van der Waals surface area contributed by atoms with Crippen LogP contribution < -0.4 is 0 Å². The van der Waals surface area contributed by atoms with Gasteiger partial charge in [0.15, 0.2) is 0 Å². The number of rotatable bonds is 7. The molecule has 0 aromatic carbocycles. The molecule has 0 spiro atoms. The van der Waals surface area contributed by atoms with Gasteiger partial charge in [0.05, 0.1) is 6.10 Å². The van der Waals surface area contributed by atoms with E-state index in [9.17, 15) is 0 Å². The molecule has 1 heteroatoms. The summed E-state index contributed by atoms with van der Waals surface area (Å²) in [5.74, 6) is 0.597. The lowest BCUT2D eigenvalue weighted by Gasteiger charge is -2.18. The Morgan fingerprint density at radius 1 is 1.36 bits per heavy atom. The minimum atomic E-state index is 0.345. The van der Waals surface area contributed by atoms with Gasteiger partial charge in [-0.15, -0.1) is 6.58 Å². The highest BCUT2D eigenvalue weighted by Gasteiger charge is 2.10. The quantitative estimate of drug-likeness (QED) is 0.442. The number of methoxy groups -OCH3 is 1. The summed E-state index contributed by atoms with van der Waals surface area (Å²) in [5, 5.41) is 0. The molecule has 0 radical (unpaired) electrons. The molecule has 14 heavy (non-hydrogen) atoms. The molecule has 0 fully saturated rings. The van der Waals surface area contributed by atoms with Crippen LogP contribution in [0.2, 0.25) is 0 Å². The Hall–Kier alpha value is -0.560. The average Bonchev–Trinajstić information content (AvgIpc) is 2.16. The first-order valence-corrected chi connectivity index (χ1v) is 5.41.